The average Bonchev–Trinajstić information content (AvgIpc) is 2.89. The lowest BCUT2D eigenvalue weighted by Gasteiger charge is -2.47. The Hall–Kier alpha value is -0.940. The largest absolute Gasteiger partial charge is 0.393 e. The maximum Gasteiger partial charge on any atom is 0.163 e. The van der Waals surface area contributed by atoms with Crippen molar-refractivity contribution < 1.29 is 14.6 Å². The molecule has 4 nitrogen and oxygen atoms in total. The lowest BCUT2D eigenvalue weighted by Crippen LogP contribution is -2.57. The highest BCUT2D eigenvalue weighted by Crippen LogP contribution is 2.35. The molecule has 1 aromatic rings. The topological polar surface area (TPSA) is 41.9 Å². The summed E-state index contributed by atoms with van der Waals surface area (Å²) >= 11 is 0. The fourth-order valence-corrected chi connectivity index (χ4v) is 4.12. The third kappa shape index (κ3) is 3.99. The van der Waals surface area contributed by atoms with E-state index in [0.717, 1.165) is 19.4 Å². The second kappa shape index (κ2) is 7.12. The molecule has 2 saturated heterocycles. The molecule has 0 radical (unpaired) electrons. The van der Waals surface area contributed by atoms with Crippen molar-refractivity contribution in [2.75, 3.05) is 6.61 Å². The first-order valence-corrected chi connectivity index (χ1v) is 9.15. The molecule has 0 aliphatic carbocycles. The van der Waals surface area contributed by atoms with Crippen LogP contribution in [0.4, 0.5) is 0 Å². The number of rotatable bonds is 4. The van der Waals surface area contributed by atoms with Crippen molar-refractivity contribution in [1.29, 1.82) is 0 Å². The maximum atomic E-state index is 10.5. The number of ether oxygens (including phenoxy) is 2. The van der Waals surface area contributed by atoms with Gasteiger partial charge in [-0.15, -0.1) is 0 Å². The second-order valence-corrected chi connectivity index (χ2v) is 8.03. The molecule has 0 amide bonds. The van der Waals surface area contributed by atoms with Gasteiger partial charge in [0.2, 0.25) is 0 Å². The zero-order chi connectivity index (χ0) is 17.3. The van der Waals surface area contributed by atoms with E-state index in [4.69, 9.17) is 9.47 Å². The quantitative estimate of drug-likeness (QED) is 0.919. The third-order valence-electron chi connectivity index (χ3n) is 5.32. The van der Waals surface area contributed by atoms with Crippen molar-refractivity contribution in [1.82, 2.24) is 4.90 Å². The van der Waals surface area contributed by atoms with E-state index in [0.29, 0.717) is 18.6 Å². The van der Waals surface area contributed by atoms with E-state index in [1.54, 1.807) is 0 Å². The molecule has 1 aromatic carbocycles. The molecule has 0 unspecified atom stereocenters. The van der Waals surface area contributed by atoms with Gasteiger partial charge in [-0.1, -0.05) is 44.2 Å². The molecule has 1 N–H and O–H groups in total. The van der Waals surface area contributed by atoms with Gasteiger partial charge in [0.25, 0.3) is 0 Å². The van der Waals surface area contributed by atoms with E-state index >= 15 is 0 Å². The molecule has 0 spiro atoms. The molecule has 4 heteroatoms. The van der Waals surface area contributed by atoms with E-state index < -0.39 is 5.79 Å². The van der Waals surface area contributed by atoms with Gasteiger partial charge in [-0.2, -0.15) is 0 Å². The molecule has 2 fully saturated rings. The Balaban J connectivity index is 1.84. The van der Waals surface area contributed by atoms with Crippen LogP contribution >= 0.6 is 0 Å². The van der Waals surface area contributed by atoms with Crippen molar-refractivity contribution in [3.05, 3.63) is 35.9 Å². The van der Waals surface area contributed by atoms with E-state index in [1.807, 2.05) is 13.8 Å². The van der Waals surface area contributed by atoms with Gasteiger partial charge in [0.1, 0.15) is 0 Å². The number of aliphatic hydroxyl groups excluding tert-OH is 1. The molecule has 24 heavy (non-hydrogen) atoms. The van der Waals surface area contributed by atoms with Crippen LogP contribution in [0.25, 0.3) is 0 Å². The van der Waals surface area contributed by atoms with Crippen LogP contribution in [0.3, 0.4) is 0 Å². The number of hydrogen-bond donors (Lipinski definition) is 1. The Morgan fingerprint density at radius 1 is 1.21 bits per heavy atom. The van der Waals surface area contributed by atoms with Crippen molar-refractivity contribution in [2.24, 2.45) is 5.92 Å². The summed E-state index contributed by atoms with van der Waals surface area (Å²) in [4.78, 5) is 2.54. The number of benzene rings is 1. The Labute approximate surface area is 145 Å². The first-order valence-electron chi connectivity index (χ1n) is 9.15. The average molecular weight is 333 g/mol. The Morgan fingerprint density at radius 2 is 1.92 bits per heavy atom. The van der Waals surface area contributed by atoms with Crippen LogP contribution in [-0.4, -0.2) is 46.7 Å². The predicted molar refractivity (Wildman–Crippen MR) is 94.5 cm³/mol. The van der Waals surface area contributed by atoms with Crippen LogP contribution in [0.1, 0.15) is 46.1 Å². The van der Waals surface area contributed by atoms with E-state index in [2.05, 4.69) is 49.1 Å². The van der Waals surface area contributed by atoms with Crippen LogP contribution in [0.15, 0.2) is 30.3 Å². The minimum absolute atomic E-state index is 0.0138. The van der Waals surface area contributed by atoms with E-state index in [-0.39, 0.29) is 18.2 Å². The molecule has 2 aliphatic heterocycles. The number of likely N-dealkylation sites (tertiary alicyclic amines) is 1. The van der Waals surface area contributed by atoms with Crippen molar-refractivity contribution in [3.8, 4) is 0 Å². The SMILES string of the molecule is CC(C)[C@@H]1C[C@H](O)C[C@H]([C@H]2COC(C)(C)O2)N1Cc1ccccc1. The number of hydrogen-bond acceptors (Lipinski definition) is 4. The molecule has 134 valence electrons. The summed E-state index contributed by atoms with van der Waals surface area (Å²) in [6.45, 7) is 9.91. The normalized spacial score (nSPS) is 33.9. The van der Waals surface area contributed by atoms with Gasteiger partial charge in [0.15, 0.2) is 5.79 Å². The summed E-state index contributed by atoms with van der Waals surface area (Å²) in [5.41, 5.74) is 1.31. The van der Waals surface area contributed by atoms with Crippen LogP contribution in [0.2, 0.25) is 0 Å². The van der Waals surface area contributed by atoms with Gasteiger partial charge in [-0.3, -0.25) is 4.90 Å². The van der Waals surface area contributed by atoms with Crippen LogP contribution in [0.5, 0.6) is 0 Å². The van der Waals surface area contributed by atoms with E-state index in [9.17, 15) is 5.11 Å². The van der Waals surface area contributed by atoms with Crippen molar-refractivity contribution >= 4 is 0 Å². The molecule has 0 bridgehead atoms. The summed E-state index contributed by atoms with van der Waals surface area (Å²) in [6, 6.07) is 11.1. The Kier molecular flexibility index (Phi) is 5.30. The zero-order valence-electron chi connectivity index (χ0n) is 15.3. The summed E-state index contributed by atoms with van der Waals surface area (Å²) in [5, 5.41) is 10.5. The van der Waals surface area contributed by atoms with Crippen molar-refractivity contribution in [2.45, 2.75) is 77.2 Å². The van der Waals surface area contributed by atoms with Gasteiger partial charge < -0.3 is 14.6 Å². The van der Waals surface area contributed by atoms with E-state index in [1.165, 1.54) is 5.56 Å². The molecule has 2 heterocycles. The minimum Gasteiger partial charge on any atom is -0.393 e. The lowest BCUT2D eigenvalue weighted by molar-refractivity contribution is -0.156. The summed E-state index contributed by atoms with van der Waals surface area (Å²) in [7, 11) is 0. The third-order valence-corrected chi connectivity index (χ3v) is 5.32. The van der Waals surface area contributed by atoms with Gasteiger partial charge in [0.05, 0.1) is 18.8 Å². The minimum atomic E-state index is -0.529. The first-order chi connectivity index (χ1) is 11.4. The summed E-state index contributed by atoms with van der Waals surface area (Å²) < 4.78 is 12.0. The smallest absolute Gasteiger partial charge is 0.163 e. The highest BCUT2D eigenvalue weighted by Gasteiger charge is 2.45. The molecular formula is C20H31NO3. The second-order valence-electron chi connectivity index (χ2n) is 8.03. The van der Waals surface area contributed by atoms with Gasteiger partial charge >= 0.3 is 0 Å². The molecule has 3 rings (SSSR count). The number of aliphatic hydroxyl groups is 1. The molecule has 2 aliphatic rings. The lowest BCUT2D eigenvalue weighted by atomic mass is 9.84. The summed E-state index contributed by atoms with van der Waals surface area (Å²) in [5.74, 6) is -0.0415. The maximum absolute atomic E-state index is 10.5. The Bertz CT molecular complexity index is 531. The summed E-state index contributed by atoms with van der Waals surface area (Å²) in [6.07, 6.45) is 1.33. The predicted octanol–water partition coefficient (Wildman–Crippen LogP) is 3.19. The van der Waals surface area contributed by atoms with Gasteiger partial charge in [0, 0.05) is 18.6 Å². The van der Waals surface area contributed by atoms with Crippen LogP contribution in [-0.2, 0) is 16.0 Å². The Morgan fingerprint density at radius 3 is 2.50 bits per heavy atom. The fourth-order valence-electron chi connectivity index (χ4n) is 4.12. The molecule has 4 atom stereocenters. The molecule has 0 saturated carbocycles. The highest BCUT2D eigenvalue weighted by atomic mass is 16.7. The van der Waals surface area contributed by atoms with Crippen LogP contribution in [0, 0.1) is 5.92 Å². The number of piperidine rings is 1. The highest BCUT2D eigenvalue weighted by molar-refractivity contribution is 5.15. The molecule has 0 aromatic heterocycles. The van der Waals surface area contributed by atoms with Crippen LogP contribution < -0.4 is 0 Å². The number of nitrogens with zero attached hydrogens (tertiary/aromatic N) is 1. The first kappa shape index (κ1) is 17.9. The van der Waals surface area contributed by atoms with Crippen molar-refractivity contribution in [3.63, 3.8) is 0 Å². The monoisotopic (exact) mass is 333 g/mol. The standard InChI is InChI=1S/C20H31NO3/c1-14(2)17-10-16(22)11-18(19-13-23-20(3,4)24-19)21(17)12-15-8-6-5-7-9-15/h5-9,14,16-19,22H,10-13H2,1-4H3/t16-,17-,18+,19+/m0/s1. The molecular weight excluding hydrogens is 302 g/mol. The zero-order valence-corrected chi connectivity index (χ0v) is 15.3. The van der Waals surface area contributed by atoms with Gasteiger partial charge in [-0.25, -0.2) is 0 Å². The van der Waals surface area contributed by atoms with Gasteiger partial charge in [-0.05, 0) is 38.2 Å². The fraction of sp³-hybridized carbons (Fsp3) is 0.700.